The van der Waals surface area contributed by atoms with Crippen molar-refractivity contribution in [2.75, 3.05) is 0 Å². The molecule has 2 aromatic heterocycles. The Kier molecular flexibility index (Phi) is 8.39. The zero-order chi connectivity index (χ0) is 40.3. The van der Waals surface area contributed by atoms with Gasteiger partial charge in [-0.15, -0.1) is 11.3 Å². The monoisotopic (exact) mass is 792 g/mol. The molecule has 2 nitrogen and oxygen atoms in total. The van der Waals surface area contributed by atoms with Crippen molar-refractivity contribution < 1.29 is 0 Å². The molecule has 12 rings (SSSR count). The van der Waals surface area contributed by atoms with Crippen molar-refractivity contribution in [1.29, 1.82) is 0 Å². The van der Waals surface area contributed by atoms with E-state index in [2.05, 4.69) is 200 Å². The highest BCUT2D eigenvalue weighted by Gasteiger charge is 2.19. The van der Waals surface area contributed by atoms with Gasteiger partial charge in [-0.25, -0.2) is 9.97 Å². The molecule has 0 radical (unpaired) electrons. The molecule has 0 amide bonds. The molecule has 0 aliphatic carbocycles. The zero-order valence-electron chi connectivity index (χ0n) is 33.1. The van der Waals surface area contributed by atoms with Crippen LogP contribution < -0.4 is 0 Å². The van der Waals surface area contributed by atoms with Crippen molar-refractivity contribution >= 4 is 63.8 Å². The number of hydrogen-bond donors (Lipinski definition) is 0. The third kappa shape index (κ3) is 6.09. The summed E-state index contributed by atoms with van der Waals surface area (Å²) in [7, 11) is 0. The summed E-state index contributed by atoms with van der Waals surface area (Å²) in [5.74, 6) is 0.717. The summed E-state index contributed by atoms with van der Waals surface area (Å²) in [5.41, 5.74) is 12.2. The van der Waals surface area contributed by atoms with Gasteiger partial charge >= 0.3 is 0 Å². The minimum atomic E-state index is 0.717. The van der Waals surface area contributed by atoms with Crippen LogP contribution in [0.2, 0.25) is 0 Å². The molecular weight excluding hydrogens is 757 g/mol. The Hall–Kier alpha value is -7.72. The van der Waals surface area contributed by atoms with E-state index in [0.717, 1.165) is 33.6 Å². The van der Waals surface area contributed by atoms with Crippen molar-refractivity contribution in [3.8, 4) is 67.3 Å². The normalized spacial score (nSPS) is 11.6. The lowest BCUT2D eigenvalue weighted by Gasteiger charge is -2.19. The molecule has 0 saturated carbocycles. The van der Waals surface area contributed by atoms with E-state index in [-0.39, 0.29) is 0 Å². The second-order valence-electron chi connectivity index (χ2n) is 15.7. The van der Waals surface area contributed by atoms with Gasteiger partial charge in [0.25, 0.3) is 0 Å². The fourth-order valence-electron chi connectivity index (χ4n) is 9.17. The van der Waals surface area contributed by atoms with Gasteiger partial charge in [-0.3, -0.25) is 0 Å². The molecule has 3 heteroatoms. The summed E-state index contributed by atoms with van der Waals surface area (Å²) < 4.78 is 2.56. The van der Waals surface area contributed by atoms with Crippen molar-refractivity contribution in [3.63, 3.8) is 0 Å². The van der Waals surface area contributed by atoms with Gasteiger partial charge in [0, 0.05) is 36.9 Å². The summed E-state index contributed by atoms with van der Waals surface area (Å²) in [6.45, 7) is 0. The second kappa shape index (κ2) is 14.5. The van der Waals surface area contributed by atoms with Crippen molar-refractivity contribution in [2.24, 2.45) is 0 Å². The first-order chi connectivity index (χ1) is 30.2. The highest BCUT2D eigenvalue weighted by molar-refractivity contribution is 7.25. The lowest BCUT2D eigenvalue weighted by atomic mass is 9.84. The topological polar surface area (TPSA) is 25.8 Å². The molecule has 0 aliphatic rings. The molecule has 0 N–H and O–H groups in total. The molecule has 2 heterocycles. The third-order valence-electron chi connectivity index (χ3n) is 12.1. The van der Waals surface area contributed by atoms with Crippen LogP contribution in [-0.4, -0.2) is 9.97 Å². The van der Waals surface area contributed by atoms with E-state index >= 15 is 0 Å². The number of benzene rings is 10. The maximum Gasteiger partial charge on any atom is 0.160 e. The molecule has 61 heavy (non-hydrogen) atoms. The van der Waals surface area contributed by atoms with Gasteiger partial charge < -0.3 is 0 Å². The molecule has 0 unspecified atom stereocenters. The molecule has 10 aromatic carbocycles. The minimum absolute atomic E-state index is 0.717. The van der Waals surface area contributed by atoms with Crippen LogP contribution >= 0.6 is 11.3 Å². The first-order valence-electron chi connectivity index (χ1n) is 20.7. The summed E-state index contributed by atoms with van der Waals surface area (Å²) in [6, 6.07) is 78.8. The number of hydrogen-bond acceptors (Lipinski definition) is 3. The largest absolute Gasteiger partial charge is 0.228 e. The first kappa shape index (κ1) is 35.2. The van der Waals surface area contributed by atoms with Crippen LogP contribution in [0.4, 0.5) is 0 Å². The maximum atomic E-state index is 5.13. The Bertz CT molecular complexity index is 3610. The van der Waals surface area contributed by atoms with Crippen molar-refractivity contribution in [1.82, 2.24) is 9.97 Å². The summed E-state index contributed by atoms with van der Waals surface area (Å²) >= 11 is 1.83. The molecule has 0 bridgehead atoms. The fraction of sp³-hybridized carbons (Fsp3) is 0. The minimum Gasteiger partial charge on any atom is -0.228 e. The highest BCUT2D eigenvalue weighted by atomic mass is 32.1. The van der Waals surface area contributed by atoms with Crippen LogP contribution in [-0.2, 0) is 0 Å². The standard InChI is InChI=1S/C58H36N2S/c1-3-14-41(15-4-1)56-49-21-10-9-20-48(49)55(50-34-31-39-13-7-8-18-45(39)57(50)56)42-29-25-38(26-30-42)37-23-27-40(28-24-37)51-36-52(60-58(59-51)43-16-5-2-6-17-43)44-32-33-47-46-19-11-12-22-53(46)61-54(47)35-44/h1-36H. The van der Waals surface area contributed by atoms with E-state index in [9.17, 15) is 0 Å². The highest BCUT2D eigenvalue weighted by Crippen LogP contribution is 2.46. The fourth-order valence-corrected chi connectivity index (χ4v) is 10.3. The van der Waals surface area contributed by atoms with E-state index in [1.54, 1.807) is 0 Å². The zero-order valence-corrected chi connectivity index (χ0v) is 33.9. The van der Waals surface area contributed by atoms with Gasteiger partial charge in [-0.1, -0.05) is 200 Å². The van der Waals surface area contributed by atoms with E-state index in [0.29, 0.717) is 5.82 Å². The van der Waals surface area contributed by atoms with Gasteiger partial charge in [0.2, 0.25) is 0 Å². The molecule has 0 saturated heterocycles. The number of rotatable bonds is 6. The smallest absolute Gasteiger partial charge is 0.160 e. The Balaban J connectivity index is 0.935. The second-order valence-corrected chi connectivity index (χ2v) is 16.7. The lowest BCUT2D eigenvalue weighted by Crippen LogP contribution is -1.96. The lowest BCUT2D eigenvalue weighted by molar-refractivity contribution is 1.18. The van der Waals surface area contributed by atoms with Crippen LogP contribution in [0.3, 0.4) is 0 Å². The first-order valence-corrected chi connectivity index (χ1v) is 21.5. The third-order valence-corrected chi connectivity index (χ3v) is 13.2. The van der Waals surface area contributed by atoms with Crippen LogP contribution in [0, 0.1) is 0 Å². The molecule has 0 spiro atoms. The van der Waals surface area contributed by atoms with E-state index in [1.165, 1.54) is 80.3 Å². The van der Waals surface area contributed by atoms with Crippen LogP contribution in [0.15, 0.2) is 218 Å². The Labute approximate surface area is 357 Å². The molecule has 0 aliphatic heterocycles. The van der Waals surface area contributed by atoms with Crippen molar-refractivity contribution in [2.45, 2.75) is 0 Å². The van der Waals surface area contributed by atoms with E-state index < -0.39 is 0 Å². The predicted molar refractivity (Wildman–Crippen MR) is 260 cm³/mol. The molecule has 0 atom stereocenters. The van der Waals surface area contributed by atoms with Gasteiger partial charge in [-0.2, -0.15) is 0 Å². The van der Waals surface area contributed by atoms with Gasteiger partial charge in [0.05, 0.1) is 11.4 Å². The van der Waals surface area contributed by atoms with E-state index in [4.69, 9.17) is 9.97 Å². The Morgan fingerprint density at radius 3 is 1.49 bits per heavy atom. The Morgan fingerprint density at radius 2 is 0.770 bits per heavy atom. The van der Waals surface area contributed by atoms with Crippen LogP contribution in [0.1, 0.15) is 0 Å². The van der Waals surface area contributed by atoms with Crippen LogP contribution in [0.5, 0.6) is 0 Å². The Morgan fingerprint density at radius 1 is 0.279 bits per heavy atom. The number of fused-ring (bicyclic) bond motifs is 7. The molecule has 0 fully saturated rings. The average Bonchev–Trinajstić information content (AvgIpc) is 3.72. The van der Waals surface area contributed by atoms with Crippen molar-refractivity contribution in [3.05, 3.63) is 218 Å². The number of aromatic nitrogens is 2. The average molecular weight is 793 g/mol. The van der Waals surface area contributed by atoms with Gasteiger partial charge in [0.1, 0.15) is 0 Å². The maximum absolute atomic E-state index is 5.13. The summed E-state index contributed by atoms with van der Waals surface area (Å²) in [5, 5.41) is 10.2. The molecule has 284 valence electrons. The summed E-state index contributed by atoms with van der Waals surface area (Å²) in [6.07, 6.45) is 0. The quantitative estimate of drug-likeness (QED) is 0.124. The summed E-state index contributed by atoms with van der Waals surface area (Å²) in [4.78, 5) is 10.3. The van der Waals surface area contributed by atoms with Gasteiger partial charge in [-0.05, 0) is 83.9 Å². The number of thiophene rings is 1. The van der Waals surface area contributed by atoms with Gasteiger partial charge in [0.15, 0.2) is 5.82 Å². The SMILES string of the molecule is c1ccc(-c2nc(-c3ccc(-c4ccc(-c5c6ccccc6c(-c6ccccc6)c6c5ccc5ccccc56)cc4)cc3)cc(-c3ccc4c(c3)sc3ccccc34)n2)cc1. The molecule has 12 aromatic rings. The van der Waals surface area contributed by atoms with E-state index in [1.807, 2.05) is 29.5 Å². The predicted octanol–water partition coefficient (Wildman–Crippen LogP) is 16.3. The molecular formula is C58H36N2S. The number of nitrogens with zero attached hydrogens (tertiary/aromatic N) is 2. The van der Waals surface area contributed by atoms with Crippen LogP contribution in [0.25, 0.3) is 120 Å².